The summed E-state index contributed by atoms with van der Waals surface area (Å²) in [5, 5.41) is 11.1. The first-order chi connectivity index (χ1) is 21.2. The van der Waals surface area contributed by atoms with Crippen LogP contribution < -0.4 is 24.7 Å². The Bertz CT molecular complexity index is 1860. The summed E-state index contributed by atoms with van der Waals surface area (Å²) >= 11 is 17.1. The van der Waals surface area contributed by atoms with Crippen molar-refractivity contribution in [1.29, 1.82) is 5.26 Å². The molecule has 2 N–H and O–H groups in total. The molecule has 0 radical (unpaired) electrons. The van der Waals surface area contributed by atoms with Crippen molar-refractivity contribution in [1.82, 2.24) is 19.7 Å². The number of ether oxygens (including phenoxy) is 4. The van der Waals surface area contributed by atoms with Gasteiger partial charge in [-0.2, -0.15) is 41.4 Å². The van der Waals surface area contributed by atoms with E-state index in [4.69, 9.17) is 64.7 Å². The van der Waals surface area contributed by atoms with Crippen LogP contribution in [-0.2, 0) is 6.18 Å². The van der Waals surface area contributed by atoms with Gasteiger partial charge in [0.1, 0.15) is 16.9 Å². The lowest BCUT2D eigenvalue weighted by atomic mass is 10.0. The Morgan fingerprint density at radius 3 is 2.02 bits per heavy atom. The molecule has 0 bridgehead atoms. The molecule has 0 aliphatic carbocycles. The summed E-state index contributed by atoms with van der Waals surface area (Å²) in [7, 11) is 0. The van der Waals surface area contributed by atoms with Crippen molar-refractivity contribution in [3.05, 3.63) is 69.1 Å². The van der Waals surface area contributed by atoms with Crippen LogP contribution in [0.15, 0.2) is 47.8 Å². The number of halogens is 9. The zero-order chi connectivity index (χ0) is 32.7. The van der Waals surface area contributed by atoms with Crippen LogP contribution in [0.2, 0.25) is 10.0 Å². The number of allylic oxidation sites excluding steroid dienone is 2. The molecule has 6 rings (SSSR count). The van der Waals surface area contributed by atoms with Gasteiger partial charge >= 0.3 is 12.4 Å². The lowest BCUT2D eigenvalue weighted by Gasteiger charge is -2.09. The van der Waals surface area contributed by atoms with Gasteiger partial charge in [0.2, 0.25) is 13.6 Å². The molecule has 234 valence electrons. The molecule has 0 spiro atoms. The summed E-state index contributed by atoms with van der Waals surface area (Å²) in [6.45, 7) is -0.158. The molecule has 2 aromatic carbocycles. The average Bonchev–Trinajstić information content (AvgIpc) is 3.72. The van der Waals surface area contributed by atoms with E-state index in [1.807, 2.05) is 0 Å². The highest BCUT2D eigenvalue weighted by atomic mass is 35.5. The predicted molar refractivity (Wildman–Crippen MR) is 147 cm³/mol. The fraction of sp³-hybridized carbons (Fsp3) is 0.154. The van der Waals surface area contributed by atoms with E-state index in [-0.39, 0.29) is 75.1 Å². The minimum atomic E-state index is -4.81. The Balaban J connectivity index is 0.000000187. The van der Waals surface area contributed by atoms with Crippen LogP contribution >= 0.6 is 34.8 Å². The minimum absolute atomic E-state index is 0.0457. The Kier molecular flexibility index (Phi) is 8.53. The number of nitrogen functional groups attached to an aromatic ring is 1. The summed E-state index contributed by atoms with van der Waals surface area (Å²) in [4.78, 5) is 7.77. The van der Waals surface area contributed by atoms with Crippen LogP contribution in [0.3, 0.4) is 0 Å². The first-order valence-corrected chi connectivity index (χ1v) is 13.1. The molecule has 0 unspecified atom stereocenters. The molecule has 0 fully saturated rings. The SMILES string of the molecule is N#CC(=C(Cl)C(F)(F)F)c1cc(Cl)c2c(c1)OCO2.Nc1c(-c2cc(Cl)c3c(c2)OCO3)c(C(F)(F)F)nn1-c1ncccn1. The van der Waals surface area contributed by atoms with Crippen LogP contribution in [-0.4, -0.2) is 39.5 Å². The molecule has 2 aromatic heterocycles. The van der Waals surface area contributed by atoms with Crippen molar-refractivity contribution < 1.29 is 45.3 Å². The monoisotopic (exact) mass is 692 g/mol. The highest BCUT2D eigenvalue weighted by Gasteiger charge is 2.40. The maximum Gasteiger partial charge on any atom is 0.435 e. The van der Waals surface area contributed by atoms with Gasteiger partial charge < -0.3 is 24.7 Å². The second-order valence-electron chi connectivity index (χ2n) is 8.75. The Morgan fingerprint density at radius 2 is 1.47 bits per heavy atom. The Labute approximate surface area is 263 Å². The molecule has 0 amide bonds. The molecule has 0 saturated carbocycles. The number of hydrogen-bond acceptors (Lipinski definition) is 9. The van der Waals surface area contributed by atoms with E-state index in [2.05, 4.69) is 15.1 Å². The number of benzene rings is 2. The van der Waals surface area contributed by atoms with Crippen molar-refractivity contribution in [2.45, 2.75) is 12.4 Å². The van der Waals surface area contributed by atoms with Gasteiger partial charge in [0, 0.05) is 12.4 Å². The van der Waals surface area contributed by atoms with Crippen molar-refractivity contribution in [3.8, 4) is 46.1 Å². The van der Waals surface area contributed by atoms with Gasteiger partial charge in [-0.05, 0) is 41.5 Å². The van der Waals surface area contributed by atoms with Crippen LogP contribution in [0.5, 0.6) is 23.0 Å². The number of nitrogens with zero attached hydrogens (tertiary/aromatic N) is 5. The van der Waals surface area contributed by atoms with Gasteiger partial charge in [0.15, 0.2) is 28.7 Å². The van der Waals surface area contributed by atoms with E-state index in [0.29, 0.717) is 0 Å². The molecule has 0 atom stereocenters. The van der Waals surface area contributed by atoms with Crippen LogP contribution in [0, 0.1) is 11.3 Å². The molecule has 2 aliphatic heterocycles. The van der Waals surface area contributed by atoms with Gasteiger partial charge in [-0.25, -0.2) is 9.97 Å². The van der Waals surface area contributed by atoms with Crippen molar-refractivity contribution >= 4 is 46.2 Å². The maximum absolute atomic E-state index is 13.6. The fourth-order valence-corrected chi connectivity index (χ4v) is 4.75. The van der Waals surface area contributed by atoms with Crippen molar-refractivity contribution in [2.24, 2.45) is 0 Å². The summed E-state index contributed by atoms with van der Waals surface area (Å²) in [6.07, 6.45) is -6.83. The number of alkyl halides is 6. The smallest absolute Gasteiger partial charge is 0.435 e. The second kappa shape index (κ2) is 12.1. The zero-order valence-electron chi connectivity index (χ0n) is 21.8. The van der Waals surface area contributed by atoms with Gasteiger partial charge in [-0.3, -0.25) is 0 Å². The first kappa shape index (κ1) is 31.8. The highest BCUT2D eigenvalue weighted by molar-refractivity contribution is 6.35. The number of anilines is 1. The third-order valence-electron chi connectivity index (χ3n) is 5.94. The van der Waals surface area contributed by atoms with Crippen molar-refractivity contribution in [3.63, 3.8) is 0 Å². The van der Waals surface area contributed by atoms with Gasteiger partial charge in [-0.1, -0.05) is 34.8 Å². The van der Waals surface area contributed by atoms with Crippen LogP contribution in [0.4, 0.5) is 32.2 Å². The molecule has 4 aromatic rings. The number of nitriles is 1. The third-order valence-corrected chi connectivity index (χ3v) is 6.91. The number of hydrogen-bond donors (Lipinski definition) is 1. The van der Waals surface area contributed by atoms with E-state index in [0.717, 1.165) is 4.68 Å². The quantitative estimate of drug-likeness (QED) is 0.172. The molecule has 19 heteroatoms. The van der Waals surface area contributed by atoms with E-state index >= 15 is 0 Å². The first-order valence-electron chi connectivity index (χ1n) is 12.0. The van der Waals surface area contributed by atoms with E-state index in [1.54, 1.807) is 0 Å². The number of nitrogens with two attached hydrogens (primary N) is 1. The van der Waals surface area contributed by atoms with Crippen molar-refractivity contribution in [2.75, 3.05) is 19.3 Å². The van der Waals surface area contributed by atoms with Gasteiger partial charge in [0.05, 0.1) is 21.2 Å². The van der Waals surface area contributed by atoms with E-state index in [9.17, 15) is 26.3 Å². The standard InChI is InChI=1S/C15H9ClF3N5O2.C11H4Cl2F3NO2/c16-8-4-7(5-9-11(8)26-6-25-9)10-12(15(17,18)19)23-24(13(10)20)14-21-2-1-3-22-14;12-7-1-5(2-8-9(7)19-4-18-8)6(3-17)10(13)11(14,15)16/h1-5H,6,20H2;1-2H,4H2. The molecule has 4 heterocycles. The maximum atomic E-state index is 13.6. The second-order valence-corrected chi connectivity index (χ2v) is 9.94. The summed E-state index contributed by atoms with van der Waals surface area (Å²) in [5.74, 6) is 0.518. The van der Waals surface area contributed by atoms with Crippen LogP contribution in [0.1, 0.15) is 11.3 Å². The lowest BCUT2D eigenvalue weighted by molar-refractivity contribution is -0.140. The summed E-state index contributed by atoms with van der Waals surface area (Å²) < 4.78 is 99.5. The molecular weight excluding hydrogens is 681 g/mol. The summed E-state index contributed by atoms with van der Waals surface area (Å²) in [6, 6.07) is 8.01. The normalized spacial score (nSPS) is 14.0. The third kappa shape index (κ3) is 6.32. The van der Waals surface area contributed by atoms with Gasteiger partial charge in [-0.15, -0.1) is 0 Å². The van der Waals surface area contributed by atoms with Gasteiger partial charge in [0.25, 0.3) is 5.95 Å². The van der Waals surface area contributed by atoms with Crippen LogP contribution in [0.25, 0.3) is 22.6 Å². The Morgan fingerprint density at radius 1 is 0.889 bits per heavy atom. The average molecular weight is 694 g/mol. The molecule has 10 nitrogen and oxygen atoms in total. The number of rotatable bonds is 3. The number of fused-ring (bicyclic) bond motifs is 2. The largest absolute Gasteiger partial charge is 0.454 e. The topological polar surface area (TPSA) is 130 Å². The minimum Gasteiger partial charge on any atom is -0.454 e. The fourth-order valence-electron chi connectivity index (χ4n) is 4.07. The number of aromatic nitrogens is 4. The summed E-state index contributed by atoms with van der Waals surface area (Å²) in [5.41, 5.74) is 3.72. The Hall–Kier alpha value is -4.59. The predicted octanol–water partition coefficient (Wildman–Crippen LogP) is 7.42. The molecule has 0 saturated heterocycles. The highest BCUT2D eigenvalue weighted by Crippen LogP contribution is 2.47. The van der Waals surface area contributed by atoms with E-state index < -0.39 is 28.7 Å². The molecule has 45 heavy (non-hydrogen) atoms. The van der Waals surface area contributed by atoms with E-state index in [1.165, 1.54) is 48.8 Å². The molecule has 2 aliphatic rings. The molecular formula is C26H13Cl3F6N6O4. The zero-order valence-corrected chi connectivity index (χ0v) is 24.1. The lowest BCUT2D eigenvalue weighted by Crippen LogP contribution is -2.09.